The maximum atomic E-state index is 14.8. The number of carbonyl (C=O) groups is 14. The van der Waals surface area contributed by atoms with Gasteiger partial charge in [-0.25, -0.2) is 41.5 Å². The number of Topliss-reactive ketones (excluding diaryl/α,β-unsaturated/α-hetero) is 6. The summed E-state index contributed by atoms with van der Waals surface area (Å²) in [6.45, 7) is 6.27. The van der Waals surface area contributed by atoms with Crippen LogP contribution in [0.1, 0.15) is 163 Å². The smallest absolute Gasteiger partial charge is 0.328 e. The van der Waals surface area contributed by atoms with Crippen LogP contribution in [-0.4, -0.2) is 265 Å². The van der Waals surface area contributed by atoms with Crippen molar-refractivity contribution >= 4 is 169 Å². The lowest BCUT2D eigenvalue weighted by atomic mass is 9.93. The molecule has 4 saturated heterocycles. The zero-order valence-electron chi connectivity index (χ0n) is 74.0. The van der Waals surface area contributed by atoms with E-state index in [1.54, 1.807) is 105 Å². The van der Waals surface area contributed by atoms with Gasteiger partial charge in [0.05, 0.1) is 49.3 Å². The van der Waals surface area contributed by atoms with Gasteiger partial charge in [-0.2, -0.15) is 0 Å². The highest BCUT2D eigenvalue weighted by Gasteiger charge is 2.47. The molecule has 41 heteroatoms. The molecule has 0 radical (unpaired) electrons. The number of aliphatic carboxylic acids is 6. The maximum absolute atomic E-state index is 14.8. The van der Waals surface area contributed by atoms with Crippen LogP contribution in [0.5, 0.6) is 0 Å². The third kappa shape index (κ3) is 34.8. The number of hydrogen-bond acceptors (Lipinski definition) is 29. The molecule has 11 atom stereocenters. The molecule has 13 N–H and O–H groups in total. The largest absolute Gasteiger partial charge is 0.481 e. The summed E-state index contributed by atoms with van der Waals surface area (Å²) in [4.78, 5) is 176. The monoisotopic (exact) mass is 2010 g/mol. The third-order valence-electron chi connectivity index (χ3n) is 23.2. The Morgan fingerprint density at radius 3 is 0.970 bits per heavy atom. The second-order valence-electron chi connectivity index (χ2n) is 33.6. The first-order chi connectivity index (χ1) is 64.0. The first-order valence-corrected chi connectivity index (χ1v) is 53.6. The van der Waals surface area contributed by atoms with Gasteiger partial charge < -0.3 is 57.8 Å². The van der Waals surface area contributed by atoms with Crippen molar-refractivity contribution in [2.24, 2.45) is 35.1 Å². The maximum Gasteiger partial charge on any atom is 0.328 e. The molecule has 0 aromatic heterocycles. The van der Waals surface area contributed by atoms with E-state index in [1.165, 1.54) is 104 Å². The second-order valence-corrected chi connectivity index (χ2v) is 44.2. The molecule has 4 heterocycles. The fourth-order valence-electron chi connectivity index (χ4n) is 15.8. The van der Waals surface area contributed by atoms with Crippen LogP contribution >= 0.6 is 86.4 Å². The van der Waals surface area contributed by atoms with Crippen LogP contribution in [0.25, 0.3) is 0 Å². The molecular weight excluding hydrogens is 1900 g/mol. The Balaban J connectivity index is 0.000000204. The summed E-state index contributed by atoms with van der Waals surface area (Å²) in [5, 5.41) is 69.3. The van der Waals surface area contributed by atoms with Crippen LogP contribution in [-0.2, 0) is 67.1 Å². The molecule has 4 aliphatic carbocycles. The van der Waals surface area contributed by atoms with E-state index in [2.05, 4.69) is 10.6 Å². The van der Waals surface area contributed by atoms with E-state index in [0.717, 1.165) is 80.4 Å². The van der Waals surface area contributed by atoms with Crippen molar-refractivity contribution in [1.29, 1.82) is 0 Å². The summed E-state index contributed by atoms with van der Waals surface area (Å²) in [6, 6.07) is 19.2. The fourth-order valence-corrected chi connectivity index (χ4v) is 26.6. The summed E-state index contributed by atoms with van der Waals surface area (Å²) in [6.07, 6.45) is 12.8. The second kappa shape index (κ2) is 54.9. The van der Waals surface area contributed by atoms with Crippen LogP contribution in [0, 0.1) is 46.9 Å². The van der Waals surface area contributed by atoms with Crippen molar-refractivity contribution in [3.63, 3.8) is 0 Å². The van der Waals surface area contributed by atoms with E-state index in [0.29, 0.717) is 105 Å². The van der Waals surface area contributed by atoms with Gasteiger partial charge in [-0.1, -0.05) is 159 Å². The third-order valence-corrected chi connectivity index (χ3v) is 34.7. The van der Waals surface area contributed by atoms with Crippen LogP contribution in [0.3, 0.4) is 0 Å². The highest BCUT2D eigenvalue weighted by atomic mass is 33.1. The molecule has 12 rings (SSSR count). The number of amides is 2. The van der Waals surface area contributed by atoms with E-state index in [9.17, 15) is 110 Å². The minimum absolute atomic E-state index is 0.00111. The average Bonchev–Trinajstić information content (AvgIpc) is 1.70. The number of hydrogen-bond donors (Lipinski definition) is 11. The topological polar surface area (TPSA) is 470 Å². The molecule has 8 aliphatic rings. The molecule has 4 saturated carbocycles. The summed E-state index contributed by atoms with van der Waals surface area (Å²) in [7, 11) is 11.5. The zero-order chi connectivity index (χ0) is 97.4. The Kier molecular flexibility index (Phi) is 44.8. The highest BCUT2D eigenvalue weighted by Crippen LogP contribution is 2.48. The SMILES string of the molecule is CC(=O)C(N)CCC(=O)NC(CSSC1CCN(C(C(=O)C2CC2)c2ccccc2F)C/C1=C/C(=O)O)C(=O)CCC(=O)O.CC(=O)N[C@@H](CSSC1CCN(C(C(=O)C2CC2)c2ccccc2F)C/C1=C/C(=O)O)C(=O)O.NCCSSC1CCN(C(C(=O)C2CC2)c2ccccc2F)C/C1=C/C(=O)O.O=C(O)/C=C1/CN(C(C(=O)C2CC2)c2ccccc2F)CCC1SSCCO. The Morgan fingerprint density at radius 1 is 0.410 bits per heavy atom. The number of nitrogens with one attached hydrogen (secondary N) is 2. The summed E-state index contributed by atoms with van der Waals surface area (Å²) < 4.78 is 58.5. The molecule has 0 bridgehead atoms. The molecule has 4 aliphatic heterocycles. The molecule has 10 unspecified atom stereocenters. The van der Waals surface area contributed by atoms with Crippen molar-refractivity contribution in [1.82, 2.24) is 30.2 Å². The fraction of sp³-hybridized carbons (Fsp3) is 0.505. The number of carboxylic acids is 6. The number of aliphatic hydroxyl groups excluding tert-OH is 1. The lowest BCUT2D eigenvalue weighted by Gasteiger charge is -2.38. The van der Waals surface area contributed by atoms with Gasteiger partial charge in [0.15, 0.2) is 28.9 Å². The minimum atomic E-state index is -1.16. The lowest BCUT2D eigenvalue weighted by Crippen LogP contribution is -2.44. The number of halogens is 4. The van der Waals surface area contributed by atoms with E-state index in [1.807, 2.05) is 19.6 Å². The molecule has 29 nitrogen and oxygen atoms in total. The number of carboxylic acid groups (broad SMARTS) is 6. The Morgan fingerprint density at radius 2 is 0.709 bits per heavy atom. The molecule has 0 spiro atoms. The van der Waals surface area contributed by atoms with Crippen LogP contribution in [0.15, 0.2) is 144 Å². The van der Waals surface area contributed by atoms with E-state index >= 15 is 0 Å². The predicted molar refractivity (Wildman–Crippen MR) is 514 cm³/mol. The molecule has 8 fully saturated rings. The van der Waals surface area contributed by atoms with Crippen molar-refractivity contribution in [3.8, 4) is 0 Å². The van der Waals surface area contributed by atoms with Crippen molar-refractivity contribution in [2.75, 3.05) is 88.5 Å². The van der Waals surface area contributed by atoms with Gasteiger partial charge in [-0.3, -0.25) is 62.8 Å². The van der Waals surface area contributed by atoms with Gasteiger partial charge >= 0.3 is 35.8 Å². The number of nitrogens with two attached hydrogens (primary N) is 2. The number of ketones is 6. The quantitative estimate of drug-likeness (QED) is 0.00847. The molecule has 4 aromatic rings. The molecule has 2 amide bonds. The van der Waals surface area contributed by atoms with Crippen molar-refractivity contribution in [2.45, 2.75) is 180 Å². The Bertz CT molecular complexity index is 4840. The van der Waals surface area contributed by atoms with E-state index in [-0.39, 0.29) is 135 Å². The molecular formula is C93H114F4N8O21S8. The van der Waals surface area contributed by atoms with Crippen molar-refractivity contribution < 1.29 is 120 Å². The summed E-state index contributed by atoms with van der Waals surface area (Å²) in [5.74, 6) is -8.78. The van der Waals surface area contributed by atoms with Crippen molar-refractivity contribution in [3.05, 3.63) is 189 Å². The van der Waals surface area contributed by atoms with Gasteiger partial charge in [0, 0.05) is 193 Å². The average molecular weight is 2010 g/mol. The van der Waals surface area contributed by atoms with Gasteiger partial charge in [-0.05, 0) is 137 Å². The standard InChI is InChI=1S/C30H38FN3O8S2.C23H27FN2O6S2.C20H25FN2O3S2.C20H24FNO4S2/c1-17(35)22(32)8-10-26(37)33-23(24(36)9-11-27(38)39)16-43-44-25-12-13-34(15-19(25)14-28(40)41)29(30(42)18-6-7-18)20-4-2-3-5-21(20)31;1-13(27)25-18(23(31)32)12-33-34-19-8-9-26(11-15(19)10-20(28)29)21(22(30)14-6-7-14)16-4-2-3-5-17(16)24;21-16-4-2-1-3-15(16)19(20(26)13-5-6-13)23-9-7-17(28-27-10-8-22)14(12-23)11-18(24)25;21-16-4-2-1-3-15(16)19(20(26)13-5-6-13)22-8-7-17(28-27-10-9-23)14(12-22)11-18(24)25/h2-5,14,18,22-23,25,29H,6-13,15-16,32H2,1H3,(H,33,37)(H,38,39)(H,40,41);2-5,10,14,18-19,21H,6-9,11-12H2,1H3,(H,25,27)(H,28,29)(H,31,32);1-4,11,13,17,19H,5-10,12,22H2,(H,24,25);1-4,11,13,17,19,23H,5-10,12H2,(H,24,25)/b19-14-;15-10-;2*14-11-/t;18-,19?,21?;;/m.0../s1. The lowest BCUT2D eigenvalue weighted by molar-refractivity contribution is -0.141. The number of carbonyl (C=O) groups excluding carboxylic acids is 8. The Labute approximate surface area is 806 Å². The number of rotatable bonds is 47. The number of nitrogens with zero attached hydrogens (tertiary/aromatic N) is 4. The highest BCUT2D eigenvalue weighted by molar-refractivity contribution is 8.77. The normalized spacial score (nSPS) is 21.6. The van der Waals surface area contributed by atoms with Crippen LogP contribution < -0.4 is 22.1 Å². The molecule has 134 heavy (non-hydrogen) atoms. The number of likely N-dealkylation sites (tertiary alicyclic amines) is 4. The summed E-state index contributed by atoms with van der Waals surface area (Å²) >= 11 is 0. The predicted octanol–water partition coefficient (Wildman–Crippen LogP) is 12.4. The van der Waals surface area contributed by atoms with Crippen LogP contribution in [0.2, 0.25) is 0 Å². The summed E-state index contributed by atoms with van der Waals surface area (Å²) in [5.41, 5.74) is 15.1. The first kappa shape index (κ1) is 110. The molecule has 4 aromatic carbocycles. The van der Waals surface area contributed by atoms with Crippen LogP contribution in [0.4, 0.5) is 17.6 Å². The molecule has 728 valence electrons. The van der Waals surface area contributed by atoms with E-state index in [4.69, 9.17) is 21.7 Å². The van der Waals surface area contributed by atoms with Gasteiger partial charge in [-0.15, -0.1) is 0 Å². The van der Waals surface area contributed by atoms with Gasteiger partial charge in [0.1, 0.15) is 35.1 Å². The number of piperidine rings is 4. The number of aliphatic hydroxyl groups is 1. The first-order valence-electron chi connectivity index (χ1n) is 44.1. The number of benzene rings is 4. The minimum Gasteiger partial charge on any atom is -0.481 e. The zero-order valence-corrected chi connectivity index (χ0v) is 80.5. The Hall–Kier alpha value is -8.14. The van der Waals surface area contributed by atoms with Gasteiger partial charge in [0.25, 0.3) is 0 Å². The van der Waals surface area contributed by atoms with Gasteiger partial charge in [0.2, 0.25) is 11.8 Å². The van der Waals surface area contributed by atoms with E-state index < -0.39 is 120 Å².